The van der Waals surface area contributed by atoms with Crippen LogP contribution in [0.1, 0.15) is 30.3 Å². The van der Waals surface area contributed by atoms with Gasteiger partial charge in [0.15, 0.2) is 17.0 Å². The number of hydrogen-bond acceptors (Lipinski definition) is 6. The van der Waals surface area contributed by atoms with Crippen LogP contribution in [-0.4, -0.2) is 41.3 Å². The number of rotatable bonds is 5. The molecule has 9 heteroatoms. The summed E-state index contributed by atoms with van der Waals surface area (Å²) in [6.07, 6.45) is 4.27. The Kier molecular flexibility index (Phi) is 5.20. The number of aromatic amines is 1. The van der Waals surface area contributed by atoms with Gasteiger partial charge in [-0.3, -0.25) is 4.79 Å². The summed E-state index contributed by atoms with van der Waals surface area (Å²) in [4.78, 5) is 25.9. The van der Waals surface area contributed by atoms with Crippen molar-refractivity contribution in [3.05, 3.63) is 72.3 Å². The van der Waals surface area contributed by atoms with Crippen molar-refractivity contribution in [2.24, 2.45) is 0 Å². The number of hydrogen-bond donors (Lipinski definition) is 3. The molecule has 0 unspecified atom stereocenters. The molecule has 9 nitrogen and oxygen atoms in total. The van der Waals surface area contributed by atoms with E-state index in [9.17, 15) is 0 Å². The van der Waals surface area contributed by atoms with Crippen molar-refractivity contribution in [1.82, 2.24) is 29.7 Å². The standard InChI is InChI=1S/C22H19N7.CH2O2/c1-2-6-15(7-3-1)29-22-20(23-12-18(27-22)14-10-11-14)21(28-29)24-13-19-25-16-8-4-5-9-17(16)26-19;2-1-3/h1-9,12,14H,10-11,13H2,(H,24,28)(H,25,26);1H,(H,2,3). The molecule has 0 saturated heterocycles. The average molecular weight is 427 g/mol. The van der Waals surface area contributed by atoms with E-state index >= 15 is 0 Å². The van der Waals surface area contributed by atoms with Crippen molar-refractivity contribution < 1.29 is 9.90 Å². The van der Waals surface area contributed by atoms with Crippen LogP contribution in [0.2, 0.25) is 0 Å². The Labute approximate surface area is 183 Å². The van der Waals surface area contributed by atoms with Gasteiger partial charge < -0.3 is 15.4 Å². The fourth-order valence-corrected chi connectivity index (χ4v) is 3.60. The summed E-state index contributed by atoms with van der Waals surface area (Å²) in [6, 6.07) is 18.1. The Bertz CT molecular complexity index is 1340. The van der Waals surface area contributed by atoms with Crippen molar-refractivity contribution in [1.29, 1.82) is 0 Å². The molecule has 1 fully saturated rings. The number of aromatic nitrogens is 6. The van der Waals surface area contributed by atoms with Crippen LogP contribution in [0, 0.1) is 0 Å². The molecule has 0 radical (unpaired) electrons. The molecule has 160 valence electrons. The van der Waals surface area contributed by atoms with Crippen molar-refractivity contribution in [3.63, 3.8) is 0 Å². The zero-order chi connectivity index (χ0) is 21.9. The Balaban J connectivity index is 0.000000684. The number of para-hydroxylation sites is 3. The Morgan fingerprint density at radius 2 is 1.84 bits per heavy atom. The third-order valence-electron chi connectivity index (χ3n) is 5.26. The second kappa shape index (κ2) is 8.46. The monoisotopic (exact) mass is 427 g/mol. The van der Waals surface area contributed by atoms with E-state index in [2.05, 4.69) is 15.3 Å². The summed E-state index contributed by atoms with van der Waals surface area (Å²) >= 11 is 0. The van der Waals surface area contributed by atoms with Crippen LogP contribution < -0.4 is 5.32 Å². The molecule has 6 rings (SSSR count). The maximum atomic E-state index is 8.36. The molecule has 0 spiro atoms. The van der Waals surface area contributed by atoms with Gasteiger partial charge in [0.1, 0.15) is 5.82 Å². The van der Waals surface area contributed by atoms with Crippen LogP contribution in [0.15, 0.2) is 60.8 Å². The van der Waals surface area contributed by atoms with Crippen molar-refractivity contribution in [2.45, 2.75) is 25.3 Å². The number of nitrogens with zero attached hydrogens (tertiary/aromatic N) is 5. The van der Waals surface area contributed by atoms with Crippen molar-refractivity contribution in [2.75, 3.05) is 5.32 Å². The van der Waals surface area contributed by atoms with Gasteiger partial charge in [0.05, 0.1) is 29.0 Å². The summed E-state index contributed by atoms with van der Waals surface area (Å²) in [5, 5.41) is 15.1. The third-order valence-corrected chi connectivity index (χ3v) is 5.26. The molecule has 32 heavy (non-hydrogen) atoms. The van der Waals surface area contributed by atoms with Gasteiger partial charge in [0.2, 0.25) is 0 Å². The molecule has 0 amide bonds. The predicted molar refractivity (Wildman–Crippen MR) is 121 cm³/mol. The van der Waals surface area contributed by atoms with E-state index in [1.165, 1.54) is 12.8 Å². The van der Waals surface area contributed by atoms with E-state index in [4.69, 9.17) is 25.0 Å². The Hall–Kier alpha value is -4.27. The zero-order valence-electron chi connectivity index (χ0n) is 17.1. The van der Waals surface area contributed by atoms with Crippen LogP contribution in [-0.2, 0) is 11.3 Å². The highest BCUT2D eigenvalue weighted by molar-refractivity contribution is 5.85. The number of benzene rings is 2. The normalized spacial score (nSPS) is 13.0. The highest BCUT2D eigenvalue weighted by atomic mass is 16.3. The Morgan fingerprint density at radius 1 is 1.09 bits per heavy atom. The molecule has 0 atom stereocenters. The first-order chi connectivity index (χ1) is 15.8. The van der Waals surface area contributed by atoms with Crippen LogP contribution in [0.5, 0.6) is 0 Å². The number of H-pyrrole nitrogens is 1. The van der Waals surface area contributed by atoms with E-state index in [1.807, 2.05) is 65.5 Å². The maximum absolute atomic E-state index is 8.36. The number of nitrogens with one attached hydrogen (secondary N) is 2. The molecule has 0 aliphatic heterocycles. The average Bonchev–Trinajstić information content (AvgIpc) is 3.49. The first kappa shape index (κ1) is 19.7. The van der Waals surface area contributed by atoms with E-state index < -0.39 is 0 Å². The number of fused-ring (bicyclic) bond motifs is 2. The molecule has 3 aromatic heterocycles. The number of imidazole rings is 1. The highest BCUT2D eigenvalue weighted by Gasteiger charge is 2.27. The lowest BCUT2D eigenvalue weighted by Crippen LogP contribution is -2.03. The largest absolute Gasteiger partial charge is 0.483 e. The van der Waals surface area contributed by atoms with Gasteiger partial charge >= 0.3 is 0 Å². The molecule has 0 bridgehead atoms. The summed E-state index contributed by atoms with van der Waals surface area (Å²) in [7, 11) is 0. The SMILES string of the molecule is O=CO.c1ccc(-n2nc(NCc3nc4ccccc4[nH]3)c3ncc(C4CC4)nc32)cc1. The molecule has 3 heterocycles. The van der Waals surface area contributed by atoms with Gasteiger partial charge in [0, 0.05) is 12.1 Å². The number of anilines is 1. The maximum Gasteiger partial charge on any atom is 0.290 e. The lowest BCUT2D eigenvalue weighted by molar-refractivity contribution is -0.122. The van der Waals surface area contributed by atoms with Crippen LogP contribution >= 0.6 is 0 Å². The Morgan fingerprint density at radius 3 is 2.59 bits per heavy atom. The minimum absolute atomic E-state index is 0.250. The van der Waals surface area contributed by atoms with Crippen LogP contribution in [0.25, 0.3) is 27.9 Å². The first-order valence-corrected chi connectivity index (χ1v) is 10.3. The van der Waals surface area contributed by atoms with Crippen molar-refractivity contribution >= 4 is 34.5 Å². The van der Waals surface area contributed by atoms with E-state index in [0.29, 0.717) is 18.3 Å². The van der Waals surface area contributed by atoms with E-state index in [1.54, 1.807) is 0 Å². The molecule has 3 N–H and O–H groups in total. The lowest BCUT2D eigenvalue weighted by Gasteiger charge is -2.02. The van der Waals surface area contributed by atoms with E-state index in [-0.39, 0.29) is 6.47 Å². The van der Waals surface area contributed by atoms with E-state index in [0.717, 1.165) is 39.4 Å². The second-order valence-electron chi connectivity index (χ2n) is 7.50. The van der Waals surface area contributed by atoms with Crippen LogP contribution in [0.4, 0.5) is 5.82 Å². The van der Waals surface area contributed by atoms with Crippen molar-refractivity contribution in [3.8, 4) is 5.69 Å². The van der Waals surface area contributed by atoms with Gasteiger partial charge in [-0.1, -0.05) is 30.3 Å². The molecule has 1 saturated carbocycles. The lowest BCUT2D eigenvalue weighted by atomic mass is 10.3. The fraction of sp³-hybridized carbons (Fsp3) is 0.174. The summed E-state index contributed by atoms with van der Waals surface area (Å²) in [5.74, 6) is 2.10. The van der Waals surface area contributed by atoms with Gasteiger partial charge in [-0.25, -0.2) is 19.6 Å². The highest BCUT2D eigenvalue weighted by Crippen LogP contribution is 2.39. The molecular weight excluding hydrogens is 406 g/mol. The molecule has 5 aromatic rings. The molecule has 1 aliphatic carbocycles. The first-order valence-electron chi connectivity index (χ1n) is 10.3. The second-order valence-corrected chi connectivity index (χ2v) is 7.50. The quantitative estimate of drug-likeness (QED) is 0.364. The molecule has 2 aromatic carbocycles. The van der Waals surface area contributed by atoms with Gasteiger partial charge in [-0.15, -0.1) is 5.10 Å². The molecule has 1 aliphatic rings. The summed E-state index contributed by atoms with van der Waals surface area (Å²) in [6.45, 7) is 0.279. The minimum Gasteiger partial charge on any atom is -0.483 e. The fourth-order valence-electron chi connectivity index (χ4n) is 3.60. The zero-order valence-corrected chi connectivity index (χ0v) is 17.1. The number of carbonyl (C=O) groups is 1. The minimum atomic E-state index is -0.250. The summed E-state index contributed by atoms with van der Waals surface area (Å²) in [5.41, 5.74) is 5.56. The van der Waals surface area contributed by atoms with Gasteiger partial charge in [-0.2, -0.15) is 0 Å². The predicted octanol–water partition coefficient (Wildman–Crippen LogP) is 3.88. The summed E-state index contributed by atoms with van der Waals surface area (Å²) < 4.78 is 1.87. The molecular formula is C23H21N7O2. The van der Waals surface area contributed by atoms with Gasteiger partial charge in [0.25, 0.3) is 6.47 Å². The smallest absolute Gasteiger partial charge is 0.290 e. The topological polar surface area (TPSA) is 122 Å². The van der Waals surface area contributed by atoms with Crippen LogP contribution in [0.3, 0.4) is 0 Å². The van der Waals surface area contributed by atoms with Gasteiger partial charge in [-0.05, 0) is 37.1 Å². The third kappa shape index (κ3) is 3.87. The number of carboxylic acid groups (broad SMARTS) is 1.